The molecule has 0 aliphatic carbocycles. The van der Waals surface area contributed by atoms with Crippen molar-refractivity contribution in [2.75, 3.05) is 36.5 Å². The second-order valence-corrected chi connectivity index (χ2v) is 4.96. The number of aromatic nitrogens is 2. The van der Waals surface area contributed by atoms with E-state index in [9.17, 15) is 4.79 Å². The van der Waals surface area contributed by atoms with Crippen molar-refractivity contribution < 1.29 is 9.53 Å². The third-order valence-corrected chi connectivity index (χ3v) is 3.55. The predicted octanol–water partition coefficient (Wildman–Crippen LogP) is 1.51. The van der Waals surface area contributed by atoms with E-state index in [4.69, 9.17) is 4.74 Å². The second-order valence-electron chi connectivity index (χ2n) is 4.96. The molecule has 21 heavy (non-hydrogen) atoms. The van der Waals surface area contributed by atoms with Crippen LogP contribution in [0.3, 0.4) is 0 Å². The molecule has 0 atom stereocenters. The van der Waals surface area contributed by atoms with Crippen LogP contribution in [0.2, 0.25) is 0 Å². The molecule has 110 valence electrons. The van der Waals surface area contributed by atoms with Crippen LogP contribution in [0.25, 0.3) is 0 Å². The first-order valence-electron chi connectivity index (χ1n) is 6.95. The zero-order chi connectivity index (χ0) is 14.7. The van der Waals surface area contributed by atoms with Crippen LogP contribution in [0.15, 0.2) is 36.8 Å². The van der Waals surface area contributed by atoms with Crippen molar-refractivity contribution in [2.24, 2.45) is 7.05 Å². The van der Waals surface area contributed by atoms with Crippen LogP contribution >= 0.6 is 0 Å². The normalized spacial score (nSPS) is 15.0. The number of morpholine rings is 1. The van der Waals surface area contributed by atoms with Gasteiger partial charge < -0.3 is 19.5 Å². The van der Waals surface area contributed by atoms with Crippen LogP contribution in [0.1, 0.15) is 10.5 Å². The van der Waals surface area contributed by atoms with Gasteiger partial charge in [0.15, 0.2) is 0 Å². The van der Waals surface area contributed by atoms with Crippen LogP contribution in [-0.2, 0) is 11.8 Å². The van der Waals surface area contributed by atoms with Gasteiger partial charge in [-0.15, -0.1) is 0 Å². The average Bonchev–Trinajstić information content (AvgIpc) is 2.95. The van der Waals surface area contributed by atoms with Gasteiger partial charge >= 0.3 is 0 Å². The van der Waals surface area contributed by atoms with E-state index in [0.717, 1.165) is 24.5 Å². The number of ether oxygens (including phenoxy) is 1. The summed E-state index contributed by atoms with van der Waals surface area (Å²) >= 11 is 0. The highest BCUT2D eigenvalue weighted by atomic mass is 16.5. The van der Waals surface area contributed by atoms with Crippen LogP contribution in [0, 0.1) is 0 Å². The summed E-state index contributed by atoms with van der Waals surface area (Å²) < 4.78 is 7.08. The van der Waals surface area contributed by atoms with Crippen molar-refractivity contribution in [1.29, 1.82) is 0 Å². The Labute approximate surface area is 123 Å². The van der Waals surface area contributed by atoms with Crippen LogP contribution in [0.5, 0.6) is 0 Å². The van der Waals surface area contributed by atoms with Gasteiger partial charge in [-0.2, -0.15) is 0 Å². The molecule has 3 rings (SSSR count). The number of hydrogen-bond acceptors (Lipinski definition) is 4. The Morgan fingerprint density at radius 3 is 2.76 bits per heavy atom. The fourth-order valence-electron chi connectivity index (χ4n) is 2.42. The summed E-state index contributed by atoms with van der Waals surface area (Å²) in [5.41, 5.74) is 2.37. The first-order chi connectivity index (χ1) is 10.3. The molecule has 0 unspecified atom stereocenters. The number of benzene rings is 1. The number of imidazole rings is 1. The number of nitrogens with one attached hydrogen (secondary N) is 1. The summed E-state index contributed by atoms with van der Waals surface area (Å²) in [5, 5.41) is 2.97. The van der Waals surface area contributed by atoms with Gasteiger partial charge in [-0.05, 0) is 12.1 Å². The molecule has 0 bridgehead atoms. The van der Waals surface area contributed by atoms with E-state index < -0.39 is 0 Å². The molecule has 1 aliphatic heterocycles. The lowest BCUT2D eigenvalue weighted by atomic mass is 10.2. The highest BCUT2D eigenvalue weighted by Gasteiger charge is 2.17. The molecule has 2 aromatic rings. The second kappa shape index (κ2) is 5.97. The molecule has 1 aliphatic rings. The minimum absolute atomic E-state index is 0.157. The fourth-order valence-corrected chi connectivity index (χ4v) is 2.42. The smallest absolute Gasteiger partial charge is 0.273 e. The summed E-state index contributed by atoms with van der Waals surface area (Å²) in [6, 6.07) is 7.83. The maximum Gasteiger partial charge on any atom is 0.273 e. The van der Waals surface area contributed by atoms with Crippen molar-refractivity contribution in [3.63, 3.8) is 0 Å². The SMILES string of the molecule is Cn1cncc1C(=O)Nc1ccccc1N1CCOCC1. The fraction of sp³-hybridized carbons (Fsp3) is 0.333. The summed E-state index contributed by atoms with van der Waals surface area (Å²) in [6.45, 7) is 3.09. The van der Waals surface area contributed by atoms with Crippen molar-refractivity contribution in [1.82, 2.24) is 9.55 Å². The highest BCUT2D eigenvalue weighted by molar-refractivity contribution is 6.04. The van der Waals surface area contributed by atoms with Gasteiger partial charge in [0.1, 0.15) is 5.69 Å². The van der Waals surface area contributed by atoms with Gasteiger partial charge in [0.25, 0.3) is 5.91 Å². The summed E-state index contributed by atoms with van der Waals surface area (Å²) in [4.78, 5) is 18.5. The van der Waals surface area contributed by atoms with E-state index in [1.54, 1.807) is 24.1 Å². The van der Waals surface area contributed by atoms with E-state index in [2.05, 4.69) is 15.2 Å². The molecule has 1 saturated heterocycles. The third-order valence-electron chi connectivity index (χ3n) is 3.55. The van der Waals surface area contributed by atoms with Gasteiger partial charge in [0.05, 0.1) is 37.1 Å². The molecule has 0 radical (unpaired) electrons. The topological polar surface area (TPSA) is 59.4 Å². The van der Waals surface area contributed by atoms with Gasteiger partial charge in [0.2, 0.25) is 0 Å². The zero-order valence-electron chi connectivity index (χ0n) is 12.0. The van der Waals surface area contributed by atoms with E-state index in [0.29, 0.717) is 18.9 Å². The molecule has 1 aromatic carbocycles. The summed E-state index contributed by atoms with van der Waals surface area (Å²) in [5.74, 6) is -0.157. The Bertz CT molecular complexity index is 632. The Balaban J connectivity index is 1.82. The number of aryl methyl sites for hydroxylation is 1. The first kappa shape index (κ1) is 13.6. The number of anilines is 2. The first-order valence-corrected chi connectivity index (χ1v) is 6.95. The van der Waals surface area contributed by atoms with E-state index in [1.165, 1.54) is 0 Å². The van der Waals surface area contributed by atoms with Crippen LogP contribution in [0.4, 0.5) is 11.4 Å². The number of amides is 1. The minimum Gasteiger partial charge on any atom is -0.378 e. The minimum atomic E-state index is -0.157. The summed E-state index contributed by atoms with van der Waals surface area (Å²) in [7, 11) is 1.80. The van der Waals surface area contributed by atoms with Gasteiger partial charge in [0, 0.05) is 20.1 Å². The molecule has 1 aromatic heterocycles. The lowest BCUT2D eigenvalue weighted by Gasteiger charge is -2.30. The molecule has 1 amide bonds. The average molecular weight is 286 g/mol. The Morgan fingerprint density at radius 2 is 2.05 bits per heavy atom. The molecule has 0 spiro atoms. The number of para-hydroxylation sites is 2. The Morgan fingerprint density at radius 1 is 1.29 bits per heavy atom. The molecule has 0 saturated carbocycles. The molecular formula is C15H18N4O2. The molecule has 6 heteroatoms. The predicted molar refractivity (Wildman–Crippen MR) is 80.6 cm³/mol. The number of nitrogens with zero attached hydrogens (tertiary/aromatic N) is 3. The van der Waals surface area contributed by atoms with Crippen molar-refractivity contribution >= 4 is 17.3 Å². The van der Waals surface area contributed by atoms with Gasteiger partial charge in [-0.3, -0.25) is 4.79 Å². The van der Waals surface area contributed by atoms with Gasteiger partial charge in [-0.25, -0.2) is 4.98 Å². The number of carbonyl (C=O) groups is 1. The molecule has 1 N–H and O–H groups in total. The highest BCUT2D eigenvalue weighted by Crippen LogP contribution is 2.26. The molecule has 1 fully saturated rings. The standard InChI is InChI=1S/C15H18N4O2/c1-18-11-16-10-14(18)15(20)17-12-4-2-3-5-13(12)19-6-8-21-9-7-19/h2-5,10-11H,6-9H2,1H3,(H,17,20). The van der Waals surface area contributed by atoms with Crippen molar-refractivity contribution in [3.8, 4) is 0 Å². The van der Waals surface area contributed by atoms with Crippen LogP contribution in [-0.4, -0.2) is 41.8 Å². The number of hydrogen-bond donors (Lipinski definition) is 1. The van der Waals surface area contributed by atoms with Crippen LogP contribution < -0.4 is 10.2 Å². The monoisotopic (exact) mass is 286 g/mol. The number of rotatable bonds is 3. The maximum absolute atomic E-state index is 12.3. The van der Waals surface area contributed by atoms with Crippen molar-refractivity contribution in [2.45, 2.75) is 0 Å². The van der Waals surface area contributed by atoms with E-state index in [-0.39, 0.29) is 5.91 Å². The molecule has 2 heterocycles. The summed E-state index contributed by atoms with van der Waals surface area (Å²) in [6.07, 6.45) is 3.18. The van der Waals surface area contributed by atoms with Gasteiger partial charge in [-0.1, -0.05) is 12.1 Å². The maximum atomic E-state index is 12.3. The lowest BCUT2D eigenvalue weighted by Crippen LogP contribution is -2.36. The Hall–Kier alpha value is -2.34. The zero-order valence-corrected chi connectivity index (χ0v) is 12.0. The Kier molecular flexibility index (Phi) is 3.87. The molecular weight excluding hydrogens is 268 g/mol. The largest absolute Gasteiger partial charge is 0.378 e. The lowest BCUT2D eigenvalue weighted by molar-refractivity contribution is 0.101. The quantitative estimate of drug-likeness (QED) is 0.929. The van der Waals surface area contributed by atoms with Crippen molar-refractivity contribution in [3.05, 3.63) is 42.5 Å². The van der Waals surface area contributed by atoms with E-state index >= 15 is 0 Å². The molecule has 6 nitrogen and oxygen atoms in total. The third kappa shape index (κ3) is 2.90. The number of carbonyl (C=O) groups excluding carboxylic acids is 1. The van der Waals surface area contributed by atoms with E-state index in [1.807, 2.05) is 24.3 Å².